The molecule has 0 fully saturated rings. The zero-order valence-corrected chi connectivity index (χ0v) is 12.0. The molecule has 0 spiro atoms. The van der Waals surface area contributed by atoms with Gasteiger partial charge >= 0.3 is 5.97 Å². The molecule has 1 atom stereocenters. The Morgan fingerprint density at radius 2 is 2.00 bits per heavy atom. The Morgan fingerprint density at radius 1 is 1.33 bits per heavy atom. The highest BCUT2D eigenvalue weighted by Gasteiger charge is 2.31. The van der Waals surface area contributed by atoms with Gasteiger partial charge in [-0.15, -0.1) is 0 Å². The van der Waals surface area contributed by atoms with Crippen molar-refractivity contribution in [2.75, 3.05) is 26.4 Å². The van der Waals surface area contributed by atoms with Crippen molar-refractivity contribution >= 4 is 5.97 Å². The third-order valence-electron chi connectivity index (χ3n) is 2.66. The third kappa shape index (κ3) is 7.63. The van der Waals surface area contributed by atoms with E-state index in [1.54, 1.807) is 6.92 Å². The number of aliphatic carboxylic acids is 1. The van der Waals surface area contributed by atoms with Crippen LogP contribution in [-0.2, 0) is 14.3 Å². The van der Waals surface area contributed by atoms with Crippen LogP contribution in [0.2, 0.25) is 0 Å². The Hall–Kier alpha value is -0.650. The van der Waals surface area contributed by atoms with Crippen molar-refractivity contribution < 1.29 is 19.4 Å². The highest BCUT2D eigenvalue weighted by Crippen LogP contribution is 2.10. The molecule has 5 heteroatoms. The largest absolute Gasteiger partial charge is 0.480 e. The summed E-state index contributed by atoms with van der Waals surface area (Å²) in [6.07, 6.45) is 1.56. The summed E-state index contributed by atoms with van der Waals surface area (Å²) in [5.74, 6) is -0.835. The molecule has 0 aromatic heterocycles. The van der Waals surface area contributed by atoms with E-state index in [-0.39, 0.29) is 6.10 Å². The summed E-state index contributed by atoms with van der Waals surface area (Å²) in [6.45, 7) is 9.80. The fourth-order valence-electron chi connectivity index (χ4n) is 1.39. The number of carboxylic acid groups (broad SMARTS) is 1. The predicted molar refractivity (Wildman–Crippen MR) is 70.9 cm³/mol. The lowest BCUT2D eigenvalue weighted by Crippen LogP contribution is -2.50. The van der Waals surface area contributed by atoms with Crippen LogP contribution in [0, 0.1) is 0 Å². The smallest absolute Gasteiger partial charge is 0.323 e. The summed E-state index contributed by atoms with van der Waals surface area (Å²) >= 11 is 0. The van der Waals surface area contributed by atoms with Crippen molar-refractivity contribution in [3.05, 3.63) is 0 Å². The first-order chi connectivity index (χ1) is 8.42. The van der Waals surface area contributed by atoms with E-state index in [1.807, 2.05) is 20.8 Å². The van der Waals surface area contributed by atoms with E-state index in [4.69, 9.17) is 9.47 Å². The van der Waals surface area contributed by atoms with E-state index >= 15 is 0 Å². The number of hydrogen-bond acceptors (Lipinski definition) is 4. The maximum atomic E-state index is 11.2. The van der Waals surface area contributed by atoms with Gasteiger partial charge in [-0.3, -0.25) is 4.79 Å². The van der Waals surface area contributed by atoms with Crippen LogP contribution in [0.1, 0.15) is 40.5 Å². The quantitative estimate of drug-likeness (QED) is 0.554. The Morgan fingerprint density at radius 3 is 2.50 bits per heavy atom. The van der Waals surface area contributed by atoms with Crippen LogP contribution >= 0.6 is 0 Å². The molecule has 108 valence electrons. The summed E-state index contributed by atoms with van der Waals surface area (Å²) in [5, 5.41) is 12.2. The summed E-state index contributed by atoms with van der Waals surface area (Å²) in [4.78, 5) is 11.2. The normalized spacial score (nSPS) is 14.7. The molecule has 18 heavy (non-hydrogen) atoms. The van der Waals surface area contributed by atoms with Gasteiger partial charge in [0, 0.05) is 6.61 Å². The lowest BCUT2D eigenvalue weighted by molar-refractivity contribution is -0.145. The Kier molecular flexibility index (Phi) is 8.97. The van der Waals surface area contributed by atoms with Crippen molar-refractivity contribution in [3.63, 3.8) is 0 Å². The minimum Gasteiger partial charge on any atom is -0.480 e. The summed E-state index contributed by atoms with van der Waals surface area (Å²) in [6, 6.07) is 0. The SMILES string of the molecule is CCCNC(C)(CCOCCOC(C)C)C(=O)O. The lowest BCUT2D eigenvalue weighted by Gasteiger charge is -2.26. The third-order valence-corrected chi connectivity index (χ3v) is 2.66. The Bertz CT molecular complexity index is 233. The average molecular weight is 261 g/mol. The van der Waals surface area contributed by atoms with Crippen molar-refractivity contribution in [1.29, 1.82) is 0 Å². The van der Waals surface area contributed by atoms with Crippen molar-refractivity contribution in [1.82, 2.24) is 5.32 Å². The summed E-state index contributed by atoms with van der Waals surface area (Å²) in [7, 11) is 0. The first-order valence-corrected chi connectivity index (χ1v) is 6.60. The van der Waals surface area contributed by atoms with Gasteiger partial charge in [0.1, 0.15) is 5.54 Å². The molecule has 0 amide bonds. The fourth-order valence-corrected chi connectivity index (χ4v) is 1.39. The van der Waals surface area contributed by atoms with Crippen LogP contribution in [0.15, 0.2) is 0 Å². The van der Waals surface area contributed by atoms with E-state index in [1.165, 1.54) is 0 Å². The van der Waals surface area contributed by atoms with Crippen LogP contribution in [0.3, 0.4) is 0 Å². The molecule has 0 aromatic rings. The molecule has 0 aliphatic heterocycles. The fraction of sp³-hybridized carbons (Fsp3) is 0.923. The topological polar surface area (TPSA) is 67.8 Å². The molecule has 0 saturated carbocycles. The van der Waals surface area contributed by atoms with Crippen molar-refractivity contribution in [2.24, 2.45) is 0 Å². The van der Waals surface area contributed by atoms with Crippen molar-refractivity contribution in [2.45, 2.75) is 52.2 Å². The highest BCUT2D eigenvalue weighted by atomic mass is 16.5. The van der Waals surface area contributed by atoms with Crippen LogP contribution in [-0.4, -0.2) is 49.1 Å². The molecule has 0 heterocycles. The first-order valence-electron chi connectivity index (χ1n) is 6.60. The van der Waals surface area contributed by atoms with Gasteiger partial charge in [-0.1, -0.05) is 6.92 Å². The second-order valence-corrected chi connectivity index (χ2v) is 4.85. The van der Waals surface area contributed by atoms with Gasteiger partial charge in [-0.25, -0.2) is 0 Å². The molecule has 1 unspecified atom stereocenters. The molecule has 0 saturated heterocycles. The van der Waals surface area contributed by atoms with Gasteiger partial charge < -0.3 is 19.9 Å². The minimum absolute atomic E-state index is 0.198. The summed E-state index contributed by atoms with van der Waals surface area (Å²) in [5.41, 5.74) is -0.908. The van der Waals surface area contributed by atoms with E-state index < -0.39 is 11.5 Å². The second-order valence-electron chi connectivity index (χ2n) is 4.85. The number of ether oxygens (including phenoxy) is 2. The van der Waals surface area contributed by atoms with Gasteiger partial charge in [0.25, 0.3) is 0 Å². The molecule has 5 nitrogen and oxygen atoms in total. The lowest BCUT2D eigenvalue weighted by atomic mass is 9.98. The molecule has 0 aliphatic carbocycles. The van der Waals surface area contributed by atoms with E-state index in [2.05, 4.69) is 5.32 Å². The number of nitrogens with one attached hydrogen (secondary N) is 1. The number of rotatable bonds is 11. The van der Waals surface area contributed by atoms with Crippen LogP contribution in [0.4, 0.5) is 0 Å². The number of carbonyl (C=O) groups is 1. The maximum Gasteiger partial charge on any atom is 0.323 e. The monoisotopic (exact) mass is 261 g/mol. The molecule has 0 aliphatic rings. The van der Waals surface area contributed by atoms with Crippen LogP contribution in [0.25, 0.3) is 0 Å². The zero-order chi connectivity index (χ0) is 14.0. The first kappa shape index (κ1) is 17.4. The second kappa shape index (κ2) is 9.30. The number of carboxylic acids is 1. The Balaban J connectivity index is 3.80. The molecule has 0 bridgehead atoms. The standard InChI is InChI=1S/C13H27NO4/c1-5-7-14-13(4,12(15)16)6-8-17-9-10-18-11(2)3/h11,14H,5-10H2,1-4H3,(H,15,16). The van der Waals surface area contributed by atoms with E-state index in [0.717, 1.165) is 6.42 Å². The average Bonchev–Trinajstić information content (AvgIpc) is 2.30. The zero-order valence-electron chi connectivity index (χ0n) is 12.0. The van der Waals surface area contributed by atoms with Gasteiger partial charge in [0.05, 0.1) is 19.3 Å². The van der Waals surface area contributed by atoms with E-state index in [0.29, 0.717) is 32.8 Å². The molecular formula is C13H27NO4. The minimum atomic E-state index is -0.908. The molecule has 0 aromatic carbocycles. The predicted octanol–water partition coefficient (Wildman–Crippen LogP) is 1.66. The number of hydrogen-bond donors (Lipinski definition) is 2. The summed E-state index contributed by atoms with van der Waals surface area (Å²) < 4.78 is 10.7. The van der Waals surface area contributed by atoms with Gasteiger partial charge in [0.2, 0.25) is 0 Å². The van der Waals surface area contributed by atoms with Gasteiger partial charge in [-0.05, 0) is 40.2 Å². The van der Waals surface area contributed by atoms with Gasteiger partial charge in [0.15, 0.2) is 0 Å². The molecule has 2 N–H and O–H groups in total. The molecular weight excluding hydrogens is 234 g/mol. The van der Waals surface area contributed by atoms with Crippen LogP contribution in [0.5, 0.6) is 0 Å². The van der Waals surface area contributed by atoms with Crippen LogP contribution < -0.4 is 5.32 Å². The highest BCUT2D eigenvalue weighted by molar-refractivity contribution is 5.78. The maximum absolute atomic E-state index is 11.2. The van der Waals surface area contributed by atoms with Gasteiger partial charge in [-0.2, -0.15) is 0 Å². The molecule has 0 rings (SSSR count). The molecule has 0 radical (unpaired) electrons. The van der Waals surface area contributed by atoms with Crippen molar-refractivity contribution in [3.8, 4) is 0 Å². The Labute approximate surface area is 110 Å². The van der Waals surface area contributed by atoms with E-state index in [9.17, 15) is 9.90 Å².